The van der Waals surface area contributed by atoms with Crippen LogP contribution in [0.5, 0.6) is 0 Å². The first-order chi connectivity index (χ1) is 10.2. The Bertz CT molecular complexity index is 429. The Morgan fingerprint density at radius 3 is 2.76 bits per heavy atom. The molecule has 1 atom stereocenters. The average molecular weight is 326 g/mol. The van der Waals surface area contributed by atoms with Crippen LogP contribution in [0.25, 0.3) is 0 Å². The summed E-state index contributed by atoms with van der Waals surface area (Å²) in [6, 6.07) is 6.98. The van der Waals surface area contributed by atoms with Crippen LogP contribution in [0.4, 0.5) is 0 Å². The van der Waals surface area contributed by atoms with Gasteiger partial charge in [0.1, 0.15) is 0 Å². The molecule has 0 bridgehead atoms. The van der Waals surface area contributed by atoms with Crippen molar-refractivity contribution < 1.29 is 0 Å². The van der Waals surface area contributed by atoms with Crippen LogP contribution in [0.2, 0.25) is 5.02 Å². The van der Waals surface area contributed by atoms with E-state index >= 15 is 0 Å². The molecule has 1 unspecified atom stereocenters. The fourth-order valence-corrected chi connectivity index (χ4v) is 4.65. The smallest absolute Gasteiger partial charge is 0.0441 e. The van der Waals surface area contributed by atoms with Gasteiger partial charge >= 0.3 is 0 Å². The van der Waals surface area contributed by atoms with E-state index in [1.807, 2.05) is 0 Å². The molecule has 1 N–H and O–H groups in total. The molecule has 0 radical (unpaired) electrons. The molecule has 0 aromatic heterocycles. The Morgan fingerprint density at radius 1 is 1.33 bits per heavy atom. The molecule has 118 valence electrons. The van der Waals surface area contributed by atoms with Crippen molar-refractivity contribution in [2.75, 3.05) is 12.3 Å². The summed E-state index contributed by atoms with van der Waals surface area (Å²) in [6.07, 6.45) is 7.90. The lowest BCUT2D eigenvalue weighted by molar-refractivity contribution is 0.549. The van der Waals surface area contributed by atoms with Crippen molar-refractivity contribution in [1.82, 2.24) is 5.32 Å². The molecule has 0 spiro atoms. The van der Waals surface area contributed by atoms with Gasteiger partial charge in [-0.3, -0.25) is 0 Å². The first kappa shape index (κ1) is 17.2. The van der Waals surface area contributed by atoms with E-state index in [4.69, 9.17) is 11.6 Å². The zero-order valence-corrected chi connectivity index (χ0v) is 14.9. The maximum absolute atomic E-state index is 6.40. The molecule has 1 fully saturated rings. The third kappa shape index (κ3) is 5.84. The van der Waals surface area contributed by atoms with Crippen molar-refractivity contribution in [1.29, 1.82) is 0 Å². The zero-order valence-electron chi connectivity index (χ0n) is 13.3. The standard InChI is InChI=1S/C18H28ClNS/c1-3-10-20-16(13-21-17-6-4-5-7-17)12-15-9-8-14(2)11-18(15)19/h8-9,11,16-17,20H,3-7,10,12-13H2,1-2H3. The molecule has 21 heavy (non-hydrogen) atoms. The number of halogens is 1. The second kappa shape index (κ2) is 9.07. The molecule has 0 amide bonds. The molecule has 3 heteroatoms. The predicted molar refractivity (Wildman–Crippen MR) is 96.7 cm³/mol. The van der Waals surface area contributed by atoms with E-state index in [0.717, 1.165) is 23.2 Å². The monoisotopic (exact) mass is 325 g/mol. The highest BCUT2D eigenvalue weighted by Crippen LogP contribution is 2.30. The lowest BCUT2D eigenvalue weighted by Crippen LogP contribution is -2.34. The highest BCUT2D eigenvalue weighted by atomic mass is 35.5. The van der Waals surface area contributed by atoms with E-state index in [1.54, 1.807) is 0 Å². The summed E-state index contributed by atoms with van der Waals surface area (Å²) in [7, 11) is 0. The van der Waals surface area contributed by atoms with Crippen molar-refractivity contribution in [2.45, 2.75) is 63.7 Å². The summed E-state index contributed by atoms with van der Waals surface area (Å²) >= 11 is 8.57. The van der Waals surface area contributed by atoms with Crippen LogP contribution < -0.4 is 5.32 Å². The Kier molecular flexibility index (Phi) is 7.42. The van der Waals surface area contributed by atoms with Gasteiger partial charge in [-0.1, -0.05) is 43.5 Å². The molecule has 1 aliphatic rings. The molecule has 1 saturated carbocycles. The van der Waals surface area contributed by atoms with Crippen molar-refractivity contribution in [3.8, 4) is 0 Å². The second-order valence-corrected chi connectivity index (χ2v) is 7.93. The van der Waals surface area contributed by atoms with Crippen LogP contribution in [0.1, 0.15) is 50.2 Å². The first-order valence-corrected chi connectivity index (χ1v) is 9.71. The molecule has 1 aromatic carbocycles. The van der Waals surface area contributed by atoms with Gasteiger partial charge < -0.3 is 5.32 Å². The third-order valence-electron chi connectivity index (χ3n) is 4.19. The van der Waals surface area contributed by atoms with Crippen LogP contribution in [-0.4, -0.2) is 23.6 Å². The van der Waals surface area contributed by atoms with Crippen molar-refractivity contribution in [3.63, 3.8) is 0 Å². The molecular weight excluding hydrogens is 298 g/mol. The van der Waals surface area contributed by atoms with Crippen LogP contribution in [-0.2, 0) is 6.42 Å². The van der Waals surface area contributed by atoms with Gasteiger partial charge in [0.15, 0.2) is 0 Å². The van der Waals surface area contributed by atoms with Gasteiger partial charge in [0.05, 0.1) is 0 Å². The minimum Gasteiger partial charge on any atom is -0.313 e. The fourth-order valence-electron chi connectivity index (χ4n) is 2.93. The van der Waals surface area contributed by atoms with Crippen LogP contribution in [0.3, 0.4) is 0 Å². The Balaban J connectivity index is 1.90. The number of rotatable bonds is 8. The molecule has 0 saturated heterocycles. The fraction of sp³-hybridized carbons (Fsp3) is 0.667. The molecule has 1 nitrogen and oxygen atoms in total. The number of benzene rings is 1. The van der Waals surface area contributed by atoms with Gasteiger partial charge in [-0.15, -0.1) is 0 Å². The predicted octanol–water partition coefficient (Wildman–Crippen LogP) is 5.23. The summed E-state index contributed by atoms with van der Waals surface area (Å²) < 4.78 is 0. The van der Waals surface area contributed by atoms with E-state index < -0.39 is 0 Å². The topological polar surface area (TPSA) is 12.0 Å². The number of thioether (sulfide) groups is 1. The van der Waals surface area contributed by atoms with E-state index in [0.29, 0.717) is 6.04 Å². The van der Waals surface area contributed by atoms with Crippen molar-refractivity contribution in [3.05, 3.63) is 34.3 Å². The summed E-state index contributed by atoms with van der Waals surface area (Å²) in [5.41, 5.74) is 2.52. The Labute approximate surface area is 139 Å². The molecule has 0 heterocycles. The third-order valence-corrected chi connectivity index (χ3v) is 6.08. The summed E-state index contributed by atoms with van der Waals surface area (Å²) in [4.78, 5) is 0. The molecule has 0 aliphatic heterocycles. The number of hydrogen-bond acceptors (Lipinski definition) is 2. The first-order valence-electron chi connectivity index (χ1n) is 8.29. The molecule has 2 rings (SSSR count). The van der Waals surface area contributed by atoms with Crippen LogP contribution in [0.15, 0.2) is 18.2 Å². The van der Waals surface area contributed by atoms with Gasteiger partial charge in [0.2, 0.25) is 0 Å². The maximum atomic E-state index is 6.40. The minimum absolute atomic E-state index is 0.538. The van der Waals surface area contributed by atoms with Crippen LogP contribution in [0, 0.1) is 6.92 Å². The average Bonchev–Trinajstić information content (AvgIpc) is 2.97. The largest absolute Gasteiger partial charge is 0.313 e. The second-order valence-electron chi connectivity index (χ2n) is 6.19. The van der Waals surface area contributed by atoms with Gasteiger partial charge in [-0.05, 0) is 56.3 Å². The van der Waals surface area contributed by atoms with Crippen molar-refractivity contribution >= 4 is 23.4 Å². The van der Waals surface area contributed by atoms with Gasteiger partial charge in [0, 0.05) is 22.1 Å². The molecule has 1 aromatic rings. The minimum atomic E-state index is 0.538. The summed E-state index contributed by atoms with van der Waals surface area (Å²) in [5, 5.41) is 5.52. The van der Waals surface area contributed by atoms with Gasteiger partial charge in [-0.2, -0.15) is 11.8 Å². The van der Waals surface area contributed by atoms with E-state index in [2.05, 4.69) is 49.1 Å². The zero-order chi connectivity index (χ0) is 15.1. The molecular formula is C18H28ClNS. The number of aryl methyl sites for hydroxylation is 1. The number of hydrogen-bond donors (Lipinski definition) is 1. The normalized spacial score (nSPS) is 17.3. The lowest BCUT2D eigenvalue weighted by atomic mass is 10.1. The van der Waals surface area contributed by atoms with Crippen LogP contribution >= 0.6 is 23.4 Å². The summed E-state index contributed by atoms with van der Waals surface area (Å²) in [5.74, 6) is 1.20. The Hall–Kier alpha value is -0.180. The molecule has 1 aliphatic carbocycles. The van der Waals surface area contributed by atoms with E-state index in [9.17, 15) is 0 Å². The van der Waals surface area contributed by atoms with E-state index in [1.165, 1.54) is 49.0 Å². The lowest BCUT2D eigenvalue weighted by Gasteiger charge is -2.21. The number of nitrogens with one attached hydrogen (secondary N) is 1. The Morgan fingerprint density at radius 2 is 2.10 bits per heavy atom. The highest BCUT2D eigenvalue weighted by molar-refractivity contribution is 7.99. The van der Waals surface area contributed by atoms with Gasteiger partial charge in [-0.25, -0.2) is 0 Å². The van der Waals surface area contributed by atoms with Crippen molar-refractivity contribution in [2.24, 2.45) is 0 Å². The maximum Gasteiger partial charge on any atom is 0.0441 e. The highest BCUT2D eigenvalue weighted by Gasteiger charge is 2.18. The summed E-state index contributed by atoms with van der Waals surface area (Å²) in [6.45, 7) is 5.42. The van der Waals surface area contributed by atoms with Gasteiger partial charge in [0.25, 0.3) is 0 Å². The SMILES string of the molecule is CCCNC(CSC1CCCC1)Cc1ccc(C)cc1Cl. The quantitative estimate of drug-likeness (QED) is 0.702. The van der Waals surface area contributed by atoms with E-state index in [-0.39, 0.29) is 0 Å².